The van der Waals surface area contributed by atoms with E-state index in [2.05, 4.69) is 15.7 Å². The van der Waals surface area contributed by atoms with Gasteiger partial charge in [-0.1, -0.05) is 0 Å². The number of aliphatic hydroxyl groups excluding tert-OH is 1. The molecule has 130 valence electrons. The van der Waals surface area contributed by atoms with Crippen LogP contribution in [-0.4, -0.2) is 27.0 Å². The molecule has 2 heterocycles. The summed E-state index contributed by atoms with van der Waals surface area (Å²) in [7, 11) is 0. The van der Waals surface area contributed by atoms with Crippen molar-refractivity contribution in [2.75, 3.05) is 5.32 Å². The van der Waals surface area contributed by atoms with Gasteiger partial charge in [0.25, 0.3) is 0 Å². The summed E-state index contributed by atoms with van der Waals surface area (Å²) in [5, 5.41) is 19.7. The molecule has 2 aromatic heterocycles. The first-order valence-electron chi connectivity index (χ1n) is 8.01. The van der Waals surface area contributed by atoms with Crippen LogP contribution in [0.2, 0.25) is 0 Å². The molecular weight excluding hydrogens is 320 g/mol. The minimum absolute atomic E-state index is 0.219. The number of nitrogens with zero attached hydrogens (tertiary/aromatic N) is 2. The van der Waals surface area contributed by atoms with Crippen LogP contribution in [0.15, 0.2) is 65.5 Å². The number of urea groups is 1. The largest absolute Gasteiger partial charge is 0.467 e. The molecule has 3 N–H and O–H groups in total. The predicted molar refractivity (Wildman–Crippen MR) is 93.5 cm³/mol. The molecule has 0 saturated carbocycles. The molecule has 0 aliphatic rings. The van der Waals surface area contributed by atoms with Crippen molar-refractivity contribution in [3.05, 3.63) is 66.9 Å². The molecule has 0 bridgehead atoms. The molecular formula is C18H20N4O3. The van der Waals surface area contributed by atoms with Gasteiger partial charge in [-0.15, -0.1) is 0 Å². The fourth-order valence-corrected chi connectivity index (χ4v) is 2.50. The Hall–Kier alpha value is -3.06. The Morgan fingerprint density at radius 3 is 2.72 bits per heavy atom. The van der Waals surface area contributed by atoms with Crippen molar-refractivity contribution in [3.63, 3.8) is 0 Å². The van der Waals surface area contributed by atoms with Crippen LogP contribution in [0.1, 0.15) is 25.2 Å². The zero-order chi connectivity index (χ0) is 17.6. The second-order valence-electron chi connectivity index (χ2n) is 5.76. The van der Waals surface area contributed by atoms with Gasteiger partial charge < -0.3 is 20.2 Å². The molecule has 0 radical (unpaired) electrons. The van der Waals surface area contributed by atoms with Crippen LogP contribution in [0.5, 0.6) is 0 Å². The van der Waals surface area contributed by atoms with E-state index < -0.39 is 6.10 Å². The molecule has 0 aliphatic heterocycles. The van der Waals surface area contributed by atoms with E-state index in [1.165, 1.54) is 6.26 Å². The van der Waals surface area contributed by atoms with Gasteiger partial charge in [0.15, 0.2) is 0 Å². The van der Waals surface area contributed by atoms with Gasteiger partial charge in [-0.05, 0) is 49.4 Å². The van der Waals surface area contributed by atoms with E-state index in [1.807, 2.05) is 31.3 Å². The van der Waals surface area contributed by atoms with E-state index in [0.717, 1.165) is 5.69 Å². The van der Waals surface area contributed by atoms with Crippen LogP contribution in [-0.2, 0) is 0 Å². The first-order chi connectivity index (χ1) is 12.1. The highest BCUT2D eigenvalue weighted by atomic mass is 16.4. The van der Waals surface area contributed by atoms with Gasteiger partial charge in [-0.2, -0.15) is 5.10 Å². The van der Waals surface area contributed by atoms with Gasteiger partial charge in [0.05, 0.1) is 12.0 Å². The topological polar surface area (TPSA) is 92.3 Å². The molecule has 2 atom stereocenters. The highest BCUT2D eigenvalue weighted by Crippen LogP contribution is 2.18. The lowest BCUT2D eigenvalue weighted by molar-refractivity contribution is 0.130. The van der Waals surface area contributed by atoms with Crippen molar-refractivity contribution >= 4 is 11.7 Å². The molecule has 1 aromatic carbocycles. The van der Waals surface area contributed by atoms with E-state index >= 15 is 0 Å². The number of aromatic nitrogens is 2. The lowest BCUT2D eigenvalue weighted by atomic mass is 10.1. The first-order valence-corrected chi connectivity index (χ1v) is 8.01. The maximum absolute atomic E-state index is 12.1. The van der Waals surface area contributed by atoms with Gasteiger partial charge in [0, 0.05) is 30.5 Å². The second-order valence-corrected chi connectivity index (χ2v) is 5.76. The average molecular weight is 340 g/mol. The third-order valence-electron chi connectivity index (χ3n) is 3.72. The number of anilines is 1. The number of aliphatic hydroxyl groups is 1. The van der Waals surface area contributed by atoms with Crippen LogP contribution in [0.3, 0.4) is 0 Å². The molecule has 2 unspecified atom stereocenters. The van der Waals surface area contributed by atoms with Crippen LogP contribution in [0, 0.1) is 0 Å². The zero-order valence-electron chi connectivity index (χ0n) is 13.8. The molecule has 0 fully saturated rings. The zero-order valence-corrected chi connectivity index (χ0v) is 13.8. The van der Waals surface area contributed by atoms with Crippen molar-refractivity contribution in [3.8, 4) is 5.69 Å². The summed E-state index contributed by atoms with van der Waals surface area (Å²) in [6.07, 6.45) is 4.67. The minimum Gasteiger partial charge on any atom is -0.467 e. The smallest absolute Gasteiger partial charge is 0.319 e. The number of hydrogen-bond acceptors (Lipinski definition) is 4. The molecule has 25 heavy (non-hydrogen) atoms. The summed E-state index contributed by atoms with van der Waals surface area (Å²) in [5.41, 5.74) is 1.58. The van der Waals surface area contributed by atoms with Crippen molar-refractivity contribution < 1.29 is 14.3 Å². The van der Waals surface area contributed by atoms with Crippen molar-refractivity contribution in [2.45, 2.75) is 25.5 Å². The molecule has 0 aliphatic carbocycles. The molecule has 2 amide bonds. The number of carbonyl (C=O) groups is 1. The average Bonchev–Trinajstić information content (AvgIpc) is 3.29. The summed E-state index contributed by atoms with van der Waals surface area (Å²) in [6, 6.07) is 12.1. The first kappa shape index (κ1) is 16.8. The summed E-state index contributed by atoms with van der Waals surface area (Å²) in [6.45, 7) is 1.83. The Morgan fingerprint density at radius 1 is 1.28 bits per heavy atom. The maximum atomic E-state index is 12.1. The second kappa shape index (κ2) is 7.67. The highest BCUT2D eigenvalue weighted by Gasteiger charge is 2.16. The van der Waals surface area contributed by atoms with E-state index in [-0.39, 0.29) is 12.1 Å². The summed E-state index contributed by atoms with van der Waals surface area (Å²) < 4.78 is 6.89. The lowest BCUT2D eigenvalue weighted by Gasteiger charge is -2.17. The normalized spacial score (nSPS) is 13.2. The minimum atomic E-state index is -0.751. The van der Waals surface area contributed by atoms with E-state index in [4.69, 9.17) is 4.42 Å². The summed E-state index contributed by atoms with van der Waals surface area (Å²) >= 11 is 0. The van der Waals surface area contributed by atoms with Crippen molar-refractivity contribution in [1.82, 2.24) is 15.1 Å². The van der Waals surface area contributed by atoms with Crippen LogP contribution < -0.4 is 10.6 Å². The van der Waals surface area contributed by atoms with Crippen molar-refractivity contribution in [1.29, 1.82) is 0 Å². The van der Waals surface area contributed by atoms with Crippen LogP contribution in [0.25, 0.3) is 5.69 Å². The summed E-state index contributed by atoms with van der Waals surface area (Å²) in [5.74, 6) is 0.489. The Kier molecular flexibility index (Phi) is 5.15. The van der Waals surface area contributed by atoms with Crippen LogP contribution in [0.4, 0.5) is 10.5 Å². The number of amides is 2. The molecule has 0 saturated heterocycles. The quantitative estimate of drug-likeness (QED) is 0.643. The summed E-state index contributed by atoms with van der Waals surface area (Å²) in [4.78, 5) is 12.1. The van der Waals surface area contributed by atoms with Gasteiger partial charge in [-0.3, -0.25) is 0 Å². The van der Waals surface area contributed by atoms with E-state index in [0.29, 0.717) is 17.9 Å². The number of furan rings is 1. The van der Waals surface area contributed by atoms with Gasteiger partial charge in [0.2, 0.25) is 0 Å². The van der Waals surface area contributed by atoms with Crippen LogP contribution >= 0.6 is 0 Å². The standard InChI is InChI=1S/C18H20N4O3/c1-13(12-16(23)17-4-2-11-25-17)20-18(24)21-14-5-7-15(8-6-14)22-10-3-9-19-22/h2-11,13,16,23H,12H2,1H3,(H2,20,21,24). The van der Waals surface area contributed by atoms with E-state index in [9.17, 15) is 9.90 Å². The fraction of sp³-hybridized carbons (Fsp3) is 0.222. The molecule has 0 spiro atoms. The van der Waals surface area contributed by atoms with Gasteiger partial charge in [-0.25, -0.2) is 9.48 Å². The SMILES string of the molecule is CC(CC(O)c1ccco1)NC(=O)Nc1ccc(-n2cccn2)cc1. The third-order valence-corrected chi connectivity index (χ3v) is 3.72. The lowest BCUT2D eigenvalue weighted by Crippen LogP contribution is -2.37. The van der Waals surface area contributed by atoms with Gasteiger partial charge in [0.1, 0.15) is 11.9 Å². The van der Waals surface area contributed by atoms with Gasteiger partial charge >= 0.3 is 6.03 Å². The number of nitrogens with one attached hydrogen (secondary N) is 2. The Labute approximate surface area is 145 Å². The Morgan fingerprint density at radius 2 is 2.08 bits per heavy atom. The highest BCUT2D eigenvalue weighted by molar-refractivity contribution is 5.89. The Bertz CT molecular complexity index is 782. The van der Waals surface area contributed by atoms with E-state index in [1.54, 1.807) is 35.1 Å². The molecule has 7 heteroatoms. The molecule has 3 rings (SSSR count). The maximum Gasteiger partial charge on any atom is 0.319 e. The molecule has 3 aromatic rings. The molecule has 7 nitrogen and oxygen atoms in total. The number of hydrogen-bond donors (Lipinski definition) is 3. The van der Waals surface area contributed by atoms with Crippen molar-refractivity contribution in [2.24, 2.45) is 0 Å². The Balaban J connectivity index is 1.50. The number of carbonyl (C=O) groups excluding carboxylic acids is 1. The third kappa shape index (κ3) is 4.48. The number of benzene rings is 1. The predicted octanol–water partition coefficient (Wildman–Crippen LogP) is 3.10. The number of rotatable bonds is 6. The fourth-order valence-electron chi connectivity index (χ4n) is 2.50. The monoisotopic (exact) mass is 340 g/mol.